The zero-order chi connectivity index (χ0) is 17.1. The number of aryl methyl sites for hydroxylation is 1. The normalized spacial score (nSPS) is 19.6. The Labute approximate surface area is 148 Å². The number of benzene rings is 1. The highest BCUT2D eigenvalue weighted by molar-refractivity contribution is 5.79. The van der Waals surface area contributed by atoms with Gasteiger partial charge >= 0.3 is 0 Å². The Hall–Kier alpha value is -2.30. The number of nitrogens with zero attached hydrogens (tertiary/aromatic N) is 2. The highest BCUT2D eigenvalue weighted by Crippen LogP contribution is 2.39. The molecule has 132 valence electrons. The molecule has 0 bridgehead atoms. The van der Waals surface area contributed by atoms with Gasteiger partial charge in [0, 0.05) is 36.8 Å². The molecule has 1 amide bonds. The molecule has 1 aliphatic carbocycles. The van der Waals surface area contributed by atoms with E-state index in [1.54, 1.807) is 0 Å². The third-order valence-electron chi connectivity index (χ3n) is 5.12. The summed E-state index contributed by atoms with van der Waals surface area (Å²) in [5.41, 5.74) is 2.48. The topological polar surface area (TPSA) is 56.2 Å². The van der Waals surface area contributed by atoms with E-state index in [4.69, 9.17) is 4.74 Å². The van der Waals surface area contributed by atoms with Crippen molar-refractivity contribution in [1.82, 2.24) is 15.1 Å². The van der Waals surface area contributed by atoms with Crippen molar-refractivity contribution in [1.29, 1.82) is 0 Å². The lowest BCUT2D eigenvalue weighted by Crippen LogP contribution is -2.33. The average molecular weight is 339 g/mol. The number of hydrogen-bond donors (Lipinski definition) is 1. The van der Waals surface area contributed by atoms with Gasteiger partial charge in [0.1, 0.15) is 5.75 Å². The maximum Gasteiger partial charge on any atom is 0.223 e. The monoisotopic (exact) mass is 339 g/mol. The molecule has 1 aromatic carbocycles. The van der Waals surface area contributed by atoms with Gasteiger partial charge in [0.15, 0.2) is 0 Å². The van der Waals surface area contributed by atoms with Crippen LogP contribution >= 0.6 is 0 Å². The number of aromatic nitrogens is 2. The molecule has 25 heavy (non-hydrogen) atoms. The molecule has 2 aliphatic rings. The van der Waals surface area contributed by atoms with Crippen molar-refractivity contribution in [3.8, 4) is 5.75 Å². The van der Waals surface area contributed by atoms with Gasteiger partial charge in [0.2, 0.25) is 5.91 Å². The standard InChI is InChI=1S/C20H25N3O2/c24-20(17-9-13-25-19-5-2-1-4-16(19)14-17)21-10-3-12-23-18(8-11-22-23)15-6-7-15/h1-2,4-5,8,11,15,17H,3,6-7,9-10,12-14H2,(H,21,24)/t17-/m0/s1. The van der Waals surface area contributed by atoms with E-state index in [9.17, 15) is 4.79 Å². The van der Waals surface area contributed by atoms with E-state index in [1.165, 1.54) is 18.5 Å². The molecule has 1 aliphatic heterocycles. The number of rotatable bonds is 6. The van der Waals surface area contributed by atoms with E-state index in [0.717, 1.165) is 37.1 Å². The van der Waals surface area contributed by atoms with Crippen molar-refractivity contribution >= 4 is 5.91 Å². The van der Waals surface area contributed by atoms with Crippen LogP contribution in [0.25, 0.3) is 0 Å². The maximum atomic E-state index is 12.5. The van der Waals surface area contributed by atoms with Crippen LogP contribution in [0.3, 0.4) is 0 Å². The van der Waals surface area contributed by atoms with Gasteiger partial charge < -0.3 is 10.1 Å². The minimum atomic E-state index is -0.00428. The quantitative estimate of drug-likeness (QED) is 0.823. The van der Waals surface area contributed by atoms with Gasteiger partial charge in [-0.3, -0.25) is 9.48 Å². The molecule has 4 rings (SSSR count). The van der Waals surface area contributed by atoms with E-state index >= 15 is 0 Å². The Morgan fingerprint density at radius 1 is 1.24 bits per heavy atom. The molecule has 1 aromatic heterocycles. The molecule has 2 aromatic rings. The third kappa shape index (κ3) is 3.86. The van der Waals surface area contributed by atoms with E-state index in [-0.39, 0.29) is 11.8 Å². The lowest BCUT2D eigenvalue weighted by molar-refractivity contribution is -0.125. The summed E-state index contributed by atoms with van der Waals surface area (Å²) in [6.07, 6.45) is 6.89. The van der Waals surface area contributed by atoms with Gasteiger partial charge in [-0.05, 0) is 49.8 Å². The van der Waals surface area contributed by atoms with Gasteiger partial charge in [0.05, 0.1) is 6.61 Å². The second-order valence-electron chi connectivity index (χ2n) is 7.04. The molecular formula is C20H25N3O2. The Kier molecular flexibility index (Phi) is 4.72. The summed E-state index contributed by atoms with van der Waals surface area (Å²) in [6.45, 7) is 2.17. The third-order valence-corrected chi connectivity index (χ3v) is 5.12. The van der Waals surface area contributed by atoms with Crippen molar-refractivity contribution in [2.24, 2.45) is 5.92 Å². The van der Waals surface area contributed by atoms with Crippen LogP contribution in [0.15, 0.2) is 36.5 Å². The van der Waals surface area contributed by atoms with Crippen LogP contribution in [0.2, 0.25) is 0 Å². The predicted molar refractivity (Wildman–Crippen MR) is 95.6 cm³/mol. The summed E-state index contributed by atoms with van der Waals surface area (Å²) in [5, 5.41) is 7.51. The predicted octanol–water partition coefficient (Wildman–Crippen LogP) is 2.91. The number of nitrogens with one attached hydrogen (secondary N) is 1. The van der Waals surface area contributed by atoms with Crippen molar-refractivity contribution < 1.29 is 9.53 Å². The summed E-state index contributed by atoms with van der Waals surface area (Å²) in [4.78, 5) is 12.5. The summed E-state index contributed by atoms with van der Waals surface area (Å²) in [7, 11) is 0. The molecular weight excluding hydrogens is 314 g/mol. The van der Waals surface area contributed by atoms with Crippen molar-refractivity contribution in [3.63, 3.8) is 0 Å². The summed E-state index contributed by atoms with van der Waals surface area (Å²) < 4.78 is 7.85. The van der Waals surface area contributed by atoms with Crippen LogP contribution in [-0.2, 0) is 17.8 Å². The molecule has 1 fully saturated rings. The maximum absolute atomic E-state index is 12.5. The van der Waals surface area contributed by atoms with E-state index in [1.807, 2.05) is 24.4 Å². The molecule has 5 heteroatoms. The summed E-state index contributed by atoms with van der Waals surface area (Å²) >= 11 is 0. The first-order valence-electron chi connectivity index (χ1n) is 9.31. The number of carbonyl (C=O) groups is 1. The fourth-order valence-corrected chi connectivity index (χ4v) is 3.56. The first kappa shape index (κ1) is 16.2. The fourth-order valence-electron chi connectivity index (χ4n) is 3.56. The van der Waals surface area contributed by atoms with Gasteiger partial charge in [0.25, 0.3) is 0 Å². The number of carbonyl (C=O) groups excluding carboxylic acids is 1. The number of amides is 1. The smallest absolute Gasteiger partial charge is 0.223 e. The first-order valence-corrected chi connectivity index (χ1v) is 9.31. The van der Waals surface area contributed by atoms with Gasteiger partial charge in [-0.2, -0.15) is 5.10 Å². The molecule has 1 N–H and O–H groups in total. The molecule has 1 saturated carbocycles. The van der Waals surface area contributed by atoms with Gasteiger partial charge in [-0.1, -0.05) is 18.2 Å². The number of para-hydroxylation sites is 1. The largest absolute Gasteiger partial charge is 0.493 e. The molecule has 0 spiro atoms. The lowest BCUT2D eigenvalue weighted by atomic mass is 9.96. The van der Waals surface area contributed by atoms with E-state index in [2.05, 4.69) is 27.2 Å². The van der Waals surface area contributed by atoms with Crippen LogP contribution in [-0.4, -0.2) is 28.8 Å². The highest BCUT2D eigenvalue weighted by atomic mass is 16.5. The minimum Gasteiger partial charge on any atom is -0.493 e. The lowest BCUT2D eigenvalue weighted by Gasteiger charge is -2.14. The molecule has 0 unspecified atom stereocenters. The van der Waals surface area contributed by atoms with Crippen LogP contribution in [0.5, 0.6) is 5.75 Å². The number of ether oxygens (including phenoxy) is 1. The highest BCUT2D eigenvalue weighted by Gasteiger charge is 2.27. The molecule has 0 saturated heterocycles. The van der Waals surface area contributed by atoms with Crippen LogP contribution in [0.4, 0.5) is 0 Å². The molecule has 5 nitrogen and oxygen atoms in total. The number of hydrogen-bond acceptors (Lipinski definition) is 3. The average Bonchev–Trinajstić information content (AvgIpc) is 3.41. The van der Waals surface area contributed by atoms with E-state index in [0.29, 0.717) is 19.1 Å². The first-order chi connectivity index (χ1) is 12.3. The fraction of sp³-hybridized carbons (Fsp3) is 0.500. The second-order valence-corrected chi connectivity index (χ2v) is 7.04. The molecule has 2 heterocycles. The minimum absolute atomic E-state index is 0.00428. The molecule has 0 radical (unpaired) electrons. The number of fused-ring (bicyclic) bond motifs is 1. The second kappa shape index (κ2) is 7.30. The summed E-state index contributed by atoms with van der Waals surface area (Å²) in [5.74, 6) is 1.77. The van der Waals surface area contributed by atoms with Crippen molar-refractivity contribution in [2.45, 2.75) is 44.6 Å². The van der Waals surface area contributed by atoms with Crippen molar-refractivity contribution in [3.05, 3.63) is 47.8 Å². The Morgan fingerprint density at radius 3 is 3.00 bits per heavy atom. The zero-order valence-corrected chi connectivity index (χ0v) is 14.5. The Morgan fingerprint density at radius 2 is 2.12 bits per heavy atom. The van der Waals surface area contributed by atoms with Crippen LogP contribution in [0, 0.1) is 5.92 Å². The molecule has 1 atom stereocenters. The summed E-state index contributed by atoms with van der Waals surface area (Å²) in [6, 6.07) is 10.1. The van der Waals surface area contributed by atoms with Crippen molar-refractivity contribution in [2.75, 3.05) is 13.2 Å². The van der Waals surface area contributed by atoms with Crippen LogP contribution in [0.1, 0.15) is 42.9 Å². The Balaban J connectivity index is 1.25. The SMILES string of the molecule is O=C(NCCCn1nccc1C1CC1)[C@H]1CCOc2ccccc2C1. The van der Waals surface area contributed by atoms with Gasteiger partial charge in [-0.25, -0.2) is 0 Å². The van der Waals surface area contributed by atoms with Crippen LogP contribution < -0.4 is 10.1 Å². The van der Waals surface area contributed by atoms with E-state index < -0.39 is 0 Å². The Bertz CT molecular complexity index is 736. The zero-order valence-electron chi connectivity index (χ0n) is 14.5. The van der Waals surface area contributed by atoms with Gasteiger partial charge in [-0.15, -0.1) is 0 Å².